The summed E-state index contributed by atoms with van der Waals surface area (Å²) < 4.78 is 0. The molecule has 0 spiro atoms. The minimum Gasteiger partial charge on any atom is -0.343 e. The summed E-state index contributed by atoms with van der Waals surface area (Å²) in [6, 6.07) is 11.0. The minimum absolute atomic E-state index is 0.0990. The Balaban J connectivity index is 1.69. The Morgan fingerprint density at radius 1 is 1.24 bits per heavy atom. The first-order valence-electron chi connectivity index (χ1n) is 8.47. The molecule has 1 amide bonds. The molecule has 1 atom stereocenters. The van der Waals surface area contributed by atoms with Crippen LogP contribution in [0.5, 0.6) is 0 Å². The van der Waals surface area contributed by atoms with Gasteiger partial charge in [0.1, 0.15) is 0 Å². The Labute approximate surface area is 145 Å². The lowest BCUT2D eigenvalue weighted by Crippen LogP contribution is -2.31. The molecule has 1 aliphatic carbocycles. The normalized spacial score (nSPS) is 15.1. The highest BCUT2D eigenvalue weighted by molar-refractivity contribution is 6.06. The second-order valence-corrected chi connectivity index (χ2v) is 6.62. The standard InChI is InChI=1S/C20H19N3O2/c1-12-8-9-21-17(10-12)18(13-6-7-13)23-20(25)16-11-22-19(24)15-5-3-2-4-14(15)16/h2-5,8-11,13,18H,6-7H2,1H3,(H,22,24)(H,23,25)/t18-/m0/s1. The average molecular weight is 333 g/mol. The zero-order valence-electron chi connectivity index (χ0n) is 14.0. The van der Waals surface area contributed by atoms with Gasteiger partial charge in [0.05, 0.1) is 17.3 Å². The van der Waals surface area contributed by atoms with Crippen molar-refractivity contribution >= 4 is 16.7 Å². The maximum absolute atomic E-state index is 12.9. The number of aromatic amines is 1. The molecule has 0 saturated heterocycles. The van der Waals surface area contributed by atoms with Crippen LogP contribution in [-0.2, 0) is 0 Å². The van der Waals surface area contributed by atoms with E-state index in [2.05, 4.69) is 15.3 Å². The first-order valence-corrected chi connectivity index (χ1v) is 8.47. The second-order valence-electron chi connectivity index (χ2n) is 6.62. The number of pyridine rings is 2. The van der Waals surface area contributed by atoms with E-state index in [1.54, 1.807) is 24.4 Å². The van der Waals surface area contributed by atoms with Crippen molar-refractivity contribution in [2.24, 2.45) is 5.92 Å². The molecule has 2 N–H and O–H groups in total. The number of H-pyrrole nitrogens is 1. The average Bonchev–Trinajstić information content (AvgIpc) is 3.45. The number of hydrogen-bond donors (Lipinski definition) is 2. The van der Waals surface area contributed by atoms with Crippen molar-refractivity contribution in [3.8, 4) is 0 Å². The summed E-state index contributed by atoms with van der Waals surface area (Å²) >= 11 is 0. The van der Waals surface area contributed by atoms with Crippen LogP contribution in [-0.4, -0.2) is 15.9 Å². The van der Waals surface area contributed by atoms with Crippen molar-refractivity contribution in [3.05, 3.63) is 76.0 Å². The van der Waals surface area contributed by atoms with Crippen LogP contribution in [0, 0.1) is 12.8 Å². The summed E-state index contributed by atoms with van der Waals surface area (Å²) in [5, 5.41) is 4.31. The molecule has 1 fully saturated rings. The predicted molar refractivity (Wildman–Crippen MR) is 96.5 cm³/mol. The van der Waals surface area contributed by atoms with Crippen molar-refractivity contribution < 1.29 is 4.79 Å². The van der Waals surface area contributed by atoms with Crippen LogP contribution in [0.15, 0.2) is 53.6 Å². The molecule has 0 radical (unpaired) electrons. The lowest BCUT2D eigenvalue weighted by atomic mass is 10.0. The minimum atomic E-state index is -0.189. The van der Waals surface area contributed by atoms with Crippen molar-refractivity contribution in [2.45, 2.75) is 25.8 Å². The fourth-order valence-electron chi connectivity index (χ4n) is 3.21. The third-order valence-electron chi connectivity index (χ3n) is 4.69. The van der Waals surface area contributed by atoms with Crippen LogP contribution in [0.2, 0.25) is 0 Å². The van der Waals surface area contributed by atoms with Crippen LogP contribution in [0.1, 0.15) is 40.5 Å². The Bertz CT molecular complexity index is 1000. The molecule has 5 heteroatoms. The Kier molecular flexibility index (Phi) is 3.84. The summed E-state index contributed by atoms with van der Waals surface area (Å²) in [6.07, 6.45) is 5.45. The van der Waals surface area contributed by atoms with Crippen LogP contribution in [0.25, 0.3) is 10.8 Å². The Morgan fingerprint density at radius 2 is 2.00 bits per heavy atom. The first kappa shape index (κ1) is 15.6. The van der Waals surface area contributed by atoms with Gasteiger partial charge in [0.2, 0.25) is 0 Å². The van der Waals surface area contributed by atoms with Crippen molar-refractivity contribution in [3.63, 3.8) is 0 Å². The molecule has 0 aliphatic heterocycles. The first-order chi connectivity index (χ1) is 12.1. The topological polar surface area (TPSA) is 74.8 Å². The molecule has 0 unspecified atom stereocenters. The Hall–Kier alpha value is -2.95. The van der Waals surface area contributed by atoms with Gasteiger partial charge in [0, 0.05) is 23.2 Å². The zero-order valence-corrected chi connectivity index (χ0v) is 14.0. The van der Waals surface area contributed by atoms with Gasteiger partial charge in [0.15, 0.2) is 0 Å². The number of benzene rings is 1. The molecule has 1 aromatic carbocycles. The summed E-state index contributed by atoms with van der Waals surface area (Å²) in [5.74, 6) is 0.236. The van der Waals surface area contributed by atoms with E-state index in [1.807, 2.05) is 25.1 Å². The lowest BCUT2D eigenvalue weighted by molar-refractivity contribution is 0.0932. The number of carbonyl (C=O) groups is 1. The maximum atomic E-state index is 12.9. The molecule has 5 nitrogen and oxygen atoms in total. The van der Waals surface area contributed by atoms with Crippen LogP contribution in [0.4, 0.5) is 0 Å². The van der Waals surface area contributed by atoms with E-state index in [0.717, 1.165) is 24.1 Å². The highest BCUT2D eigenvalue weighted by Gasteiger charge is 2.34. The van der Waals surface area contributed by atoms with Gasteiger partial charge in [-0.3, -0.25) is 14.6 Å². The van der Waals surface area contributed by atoms with Gasteiger partial charge in [-0.25, -0.2) is 0 Å². The van der Waals surface area contributed by atoms with E-state index in [0.29, 0.717) is 22.3 Å². The van der Waals surface area contributed by atoms with Gasteiger partial charge >= 0.3 is 0 Å². The fourth-order valence-corrected chi connectivity index (χ4v) is 3.21. The van der Waals surface area contributed by atoms with E-state index in [1.165, 1.54) is 6.20 Å². The van der Waals surface area contributed by atoms with Crippen LogP contribution < -0.4 is 10.9 Å². The Morgan fingerprint density at radius 3 is 2.72 bits per heavy atom. The predicted octanol–water partition coefficient (Wildman–Crippen LogP) is 3.11. The van der Waals surface area contributed by atoms with Crippen molar-refractivity contribution in [2.75, 3.05) is 0 Å². The highest BCUT2D eigenvalue weighted by atomic mass is 16.2. The van der Waals surface area contributed by atoms with Gasteiger partial charge in [-0.05, 0) is 49.4 Å². The van der Waals surface area contributed by atoms with E-state index < -0.39 is 0 Å². The number of fused-ring (bicyclic) bond motifs is 1. The molecule has 1 saturated carbocycles. The maximum Gasteiger partial charge on any atom is 0.255 e. The van der Waals surface area contributed by atoms with E-state index >= 15 is 0 Å². The number of rotatable bonds is 4. The molecule has 25 heavy (non-hydrogen) atoms. The molecule has 2 heterocycles. The number of hydrogen-bond acceptors (Lipinski definition) is 3. The van der Waals surface area contributed by atoms with Gasteiger partial charge in [0.25, 0.3) is 11.5 Å². The summed E-state index contributed by atoms with van der Waals surface area (Å²) in [6.45, 7) is 2.02. The van der Waals surface area contributed by atoms with Crippen molar-refractivity contribution in [1.82, 2.24) is 15.3 Å². The van der Waals surface area contributed by atoms with Gasteiger partial charge in [-0.15, -0.1) is 0 Å². The van der Waals surface area contributed by atoms with Crippen LogP contribution in [0.3, 0.4) is 0 Å². The lowest BCUT2D eigenvalue weighted by Gasteiger charge is -2.18. The number of amides is 1. The van der Waals surface area contributed by atoms with Crippen molar-refractivity contribution in [1.29, 1.82) is 0 Å². The molecule has 4 rings (SSSR count). The second kappa shape index (κ2) is 6.16. The van der Waals surface area contributed by atoms with Gasteiger partial charge in [-0.2, -0.15) is 0 Å². The largest absolute Gasteiger partial charge is 0.343 e. The molecule has 1 aliphatic rings. The van der Waals surface area contributed by atoms with Crippen LogP contribution >= 0.6 is 0 Å². The summed E-state index contributed by atoms with van der Waals surface area (Å²) in [7, 11) is 0. The fraction of sp³-hybridized carbons (Fsp3) is 0.250. The van der Waals surface area contributed by atoms with E-state index in [9.17, 15) is 9.59 Å². The molecule has 3 aromatic rings. The monoisotopic (exact) mass is 333 g/mol. The molecule has 126 valence electrons. The van der Waals surface area contributed by atoms with Gasteiger partial charge in [-0.1, -0.05) is 18.2 Å². The number of aromatic nitrogens is 2. The third kappa shape index (κ3) is 3.05. The number of carbonyl (C=O) groups excluding carboxylic acids is 1. The summed E-state index contributed by atoms with van der Waals surface area (Å²) in [4.78, 5) is 32.0. The highest BCUT2D eigenvalue weighted by Crippen LogP contribution is 2.40. The SMILES string of the molecule is Cc1ccnc([C@@H](NC(=O)c2c[nH]c(=O)c3ccccc23)C2CC2)c1. The number of nitrogens with one attached hydrogen (secondary N) is 2. The smallest absolute Gasteiger partial charge is 0.255 e. The van der Waals surface area contributed by atoms with E-state index in [-0.39, 0.29) is 17.5 Å². The zero-order chi connectivity index (χ0) is 17.4. The number of nitrogens with zero attached hydrogens (tertiary/aromatic N) is 1. The quantitative estimate of drug-likeness (QED) is 0.770. The number of aryl methyl sites for hydroxylation is 1. The molecule has 2 aromatic heterocycles. The molecule has 0 bridgehead atoms. The third-order valence-corrected chi connectivity index (χ3v) is 4.69. The molecular formula is C20H19N3O2. The van der Waals surface area contributed by atoms with E-state index in [4.69, 9.17) is 0 Å². The molecular weight excluding hydrogens is 314 g/mol. The summed E-state index contributed by atoms with van der Waals surface area (Å²) in [5.41, 5.74) is 2.31. The van der Waals surface area contributed by atoms with Gasteiger partial charge < -0.3 is 10.3 Å².